The molecule has 4 heteroatoms. The second kappa shape index (κ2) is 7.59. The van der Waals surface area contributed by atoms with Crippen LogP contribution < -0.4 is 5.32 Å². The third kappa shape index (κ3) is 4.96. The van der Waals surface area contributed by atoms with Crippen molar-refractivity contribution < 1.29 is 9.53 Å². The predicted molar refractivity (Wildman–Crippen MR) is 83.1 cm³/mol. The number of amides is 1. The molecule has 0 atom stereocenters. The molecule has 0 aromatic heterocycles. The quantitative estimate of drug-likeness (QED) is 0.816. The van der Waals surface area contributed by atoms with Crippen LogP contribution in [0.1, 0.15) is 51.4 Å². The fourth-order valence-corrected chi connectivity index (χ4v) is 3.48. The van der Waals surface area contributed by atoms with Crippen molar-refractivity contribution >= 4 is 5.91 Å². The Morgan fingerprint density at radius 1 is 1.00 bits per heavy atom. The zero-order chi connectivity index (χ0) is 14.5. The van der Waals surface area contributed by atoms with Crippen molar-refractivity contribution in [2.45, 2.75) is 57.5 Å². The van der Waals surface area contributed by atoms with Gasteiger partial charge in [0.2, 0.25) is 5.91 Å². The van der Waals surface area contributed by atoms with Crippen molar-refractivity contribution in [2.24, 2.45) is 11.8 Å². The lowest BCUT2D eigenvalue weighted by atomic mass is 9.93. The molecule has 0 spiro atoms. The van der Waals surface area contributed by atoms with Crippen LogP contribution in [-0.2, 0) is 9.53 Å². The van der Waals surface area contributed by atoms with Crippen molar-refractivity contribution in [2.75, 3.05) is 32.8 Å². The summed E-state index contributed by atoms with van der Waals surface area (Å²) in [6, 6.07) is 0. The van der Waals surface area contributed by atoms with E-state index in [4.69, 9.17) is 4.74 Å². The van der Waals surface area contributed by atoms with Crippen LogP contribution in [0.15, 0.2) is 0 Å². The van der Waals surface area contributed by atoms with E-state index in [0.717, 1.165) is 70.3 Å². The van der Waals surface area contributed by atoms with Gasteiger partial charge in [0.15, 0.2) is 0 Å². The molecule has 4 nitrogen and oxygen atoms in total. The Bertz CT molecular complexity index is 330. The minimum Gasteiger partial charge on any atom is -0.378 e. The molecule has 3 fully saturated rings. The molecule has 0 radical (unpaired) electrons. The lowest BCUT2D eigenvalue weighted by Crippen LogP contribution is -2.41. The van der Waals surface area contributed by atoms with Gasteiger partial charge in [0.05, 0.1) is 6.10 Å². The van der Waals surface area contributed by atoms with Crippen LogP contribution >= 0.6 is 0 Å². The van der Waals surface area contributed by atoms with Gasteiger partial charge in [-0.15, -0.1) is 0 Å². The molecule has 3 rings (SSSR count). The molecule has 120 valence electrons. The molecule has 1 saturated carbocycles. The second-order valence-electron chi connectivity index (χ2n) is 7.09. The molecule has 1 N–H and O–H groups in total. The SMILES string of the molecule is O=C(CCC1CCNCC1)N1CCC(OCC2CC2)CC1. The van der Waals surface area contributed by atoms with Gasteiger partial charge in [0, 0.05) is 26.1 Å². The second-order valence-corrected chi connectivity index (χ2v) is 7.09. The van der Waals surface area contributed by atoms with Crippen LogP contribution in [-0.4, -0.2) is 49.7 Å². The van der Waals surface area contributed by atoms with Crippen molar-refractivity contribution in [1.82, 2.24) is 10.2 Å². The number of carbonyl (C=O) groups is 1. The zero-order valence-corrected chi connectivity index (χ0v) is 13.2. The first-order chi connectivity index (χ1) is 10.3. The number of carbonyl (C=O) groups excluding carboxylic acids is 1. The van der Waals surface area contributed by atoms with Crippen LogP contribution in [0.4, 0.5) is 0 Å². The number of nitrogens with one attached hydrogen (secondary N) is 1. The Labute approximate surface area is 128 Å². The number of hydrogen-bond acceptors (Lipinski definition) is 3. The Hall–Kier alpha value is -0.610. The van der Waals surface area contributed by atoms with Crippen LogP contribution in [0.25, 0.3) is 0 Å². The molecule has 21 heavy (non-hydrogen) atoms. The van der Waals surface area contributed by atoms with Gasteiger partial charge >= 0.3 is 0 Å². The highest BCUT2D eigenvalue weighted by atomic mass is 16.5. The number of piperidine rings is 2. The molecule has 2 saturated heterocycles. The highest BCUT2D eigenvalue weighted by molar-refractivity contribution is 5.76. The van der Waals surface area contributed by atoms with E-state index in [1.54, 1.807) is 0 Å². The van der Waals surface area contributed by atoms with Crippen molar-refractivity contribution in [3.63, 3.8) is 0 Å². The third-order valence-corrected chi connectivity index (χ3v) is 5.28. The summed E-state index contributed by atoms with van der Waals surface area (Å²) in [4.78, 5) is 14.4. The van der Waals surface area contributed by atoms with Gasteiger partial charge in [-0.3, -0.25) is 4.79 Å². The Morgan fingerprint density at radius 2 is 1.71 bits per heavy atom. The number of hydrogen-bond donors (Lipinski definition) is 1. The smallest absolute Gasteiger partial charge is 0.222 e. The van der Waals surface area contributed by atoms with Crippen LogP contribution in [0, 0.1) is 11.8 Å². The van der Waals surface area contributed by atoms with E-state index < -0.39 is 0 Å². The predicted octanol–water partition coefficient (Wildman–Crippen LogP) is 2.18. The first-order valence-electron chi connectivity index (χ1n) is 8.91. The molecule has 0 aromatic rings. The average molecular weight is 294 g/mol. The molecule has 0 aromatic carbocycles. The van der Waals surface area contributed by atoms with Crippen LogP contribution in [0.5, 0.6) is 0 Å². The molecule has 2 heterocycles. The minimum absolute atomic E-state index is 0.370. The fraction of sp³-hybridized carbons (Fsp3) is 0.941. The number of likely N-dealkylation sites (tertiary alicyclic amines) is 1. The maximum Gasteiger partial charge on any atom is 0.222 e. The van der Waals surface area contributed by atoms with Gasteiger partial charge in [0.25, 0.3) is 0 Å². The molecule has 2 aliphatic heterocycles. The number of nitrogens with zero attached hydrogens (tertiary/aromatic N) is 1. The lowest BCUT2D eigenvalue weighted by molar-refractivity contribution is -0.134. The van der Waals surface area contributed by atoms with E-state index >= 15 is 0 Å². The summed E-state index contributed by atoms with van der Waals surface area (Å²) in [7, 11) is 0. The molecule has 1 amide bonds. The summed E-state index contributed by atoms with van der Waals surface area (Å²) in [5.74, 6) is 1.97. The summed E-state index contributed by atoms with van der Waals surface area (Å²) < 4.78 is 5.95. The van der Waals surface area contributed by atoms with Gasteiger partial charge in [-0.25, -0.2) is 0 Å². The van der Waals surface area contributed by atoms with Crippen molar-refractivity contribution in [1.29, 1.82) is 0 Å². The van der Waals surface area contributed by atoms with Gasteiger partial charge in [-0.1, -0.05) is 0 Å². The Balaban J connectivity index is 1.30. The van der Waals surface area contributed by atoms with Crippen molar-refractivity contribution in [3.8, 4) is 0 Å². The standard InChI is InChI=1S/C17H30N2O2/c20-17(4-3-14-5-9-18-10-6-14)19-11-7-16(8-12-19)21-13-15-1-2-15/h14-16,18H,1-13H2. The van der Waals surface area contributed by atoms with Gasteiger partial charge in [-0.2, -0.15) is 0 Å². The monoisotopic (exact) mass is 294 g/mol. The topological polar surface area (TPSA) is 41.6 Å². The molecule has 0 unspecified atom stereocenters. The average Bonchev–Trinajstić information content (AvgIpc) is 3.36. The zero-order valence-electron chi connectivity index (χ0n) is 13.2. The Kier molecular flexibility index (Phi) is 5.53. The number of rotatable bonds is 6. The largest absolute Gasteiger partial charge is 0.378 e. The summed E-state index contributed by atoms with van der Waals surface area (Å²) in [5, 5.41) is 3.39. The highest BCUT2D eigenvalue weighted by Crippen LogP contribution is 2.30. The van der Waals surface area contributed by atoms with Gasteiger partial charge in [-0.05, 0) is 69.9 Å². The normalized spacial score (nSPS) is 25.2. The molecule has 0 bridgehead atoms. The first kappa shape index (κ1) is 15.3. The van der Waals surface area contributed by atoms with E-state index in [-0.39, 0.29) is 0 Å². The lowest BCUT2D eigenvalue weighted by Gasteiger charge is -2.32. The van der Waals surface area contributed by atoms with E-state index in [2.05, 4.69) is 10.2 Å². The van der Waals surface area contributed by atoms with E-state index in [1.165, 1.54) is 25.7 Å². The van der Waals surface area contributed by atoms with Crippen LogP contribution in [0.3, 0.4) is 0 Å². The fourth-order valence-electron chi connectivity index (χ4n) is 3.48. The van der Waals surface area contributed by atoms with E-state index in [0.29, 0.717) is 12.0 Å². The summed E-state index contributed by atoms with van der Waals surface area (Å²) in [5.41, 5.74) is 0. The summed E-state index contributed by atoms with van der Waals surface area (Å²) in [6.07, 6.45) is 9.49. The van der Waals surface area contributed by atoms with Crippen molar-refractivity contribution in [3.05, 3.63) is 0 Å². The Morgan fingerprint density at radius 3 is 2.38 bits per heavy atom. The molecule has 3 aliphatic rings. The summed E-state index contributed by atoms with van der Waals surface area (Å²) in [6.45, 7) is 5.01. The first-order valence-corrected chi connectivity index (χ1v) is 8.91. The maximum atomic E-state index is 12.3. The molecular formula is C17H30N2O2. The van der Waals surface area contributed by atoms with Gasteiger partial charge < -0.3 is 15.0 Å². The molecule has 1 aliphatic carbocycles. The third-order valence-electron chi connectivity index (χ3n) is 5.28. The molecular weight excluding hydrogens is 264 g/mol. The van der Waals surface area contributed by atoms with E-state index in [1.807, 2.05) is 0 Å². The van der Waals surface area contributed by atoms with E-state index in [9.17, 15) is 4.79 Å². The summed E-state index contributed by atoms with van der Waals surface area (Å²) >= 11 is 0. The minimum atomic E-state index is 0.370. The van der Waals surface area contributed by atoms with Gasteiger partial charge in [0.1, 0.15) is 0 Å². The number of ether oxygens (including phenoxy) is 1. The van der Waals surface area contributed by atoms with Crippen LogP contribution in [0.2, 0.25) is 0 Å². The maximum absolute atomic E-state index is 12.3. The highest BCUT2D eigenvalue weighted by Gasteiger charge is 2.27.